The van der Waals surface area contributed by atoms with E-state index in [2.05, 4.69) is 9.80 Å². The van der Waals surface area contributed by atoms with E-state index in [-0.39, 0.29) is 5.75 Å². The average Bonchev–Trinajstić information content (AvgIpc) is 2.37. The highest BCUT2D eigenvalue weighted by Gasteiger charge is 2.19. The summed E-state index contributed by atoms with van der Waals surface area (Å²) in [7, 11) is -2.87. The summed E-state index contributed by atoms with van der Waals surface area (Å²) in [5.74, 6) is 0.237. The summed E-state index contributed by atoms with van der Waals surface area (Å²) in [6, 6.07) is 7.86. The highest BCUT2D eigenvalue weighted by atomic mass is 32.2. The molecule has 6 heteroatoms. The van der Waals surface area contributed by atoms with Gasteiger partial charge in [0.25, 0.3) is 0 Å². The van der Waals surface area contributed by atoms with Crippen molar-refractivity contribution in [2.45, 2.75) is 0 Å². The van der Waals surface area contributed by atoms with Crippen molar-refractivity contribution in [3.05, 3.63) is 24.3 Å². The summed E-state index contributed by atoms with van der Waals surface area (Å²) in [5, 5.41) is 0. The predicted octanol–water partition coefficient (Wildman–Crippen LogP) is 0.435. The molecular weight excluding hydrogens is 262 g/mol. The predicted molar refractivity (Wildman–Crippen MR) is 79.2 cm³/mol. The molecule has 0 amide bonds. The minimum absolute atomic E-state index is 0.237. The van der Waals surface area contributed by atoms with Gasteiger partial charge in [-0.05, 0) is 12.1 Å². The van der Waals surface area contributed by atoms with Crippen LogP contribution < -0.4 is 10.6 Å². The minimum atomic E-state index is -2.87. The van der Waals surface area contributed by atoms with Crippen LogP contribution in [0, 0.1) is 0 Å². The monoisotopic (exact) mass is 283 g/mol. The standard InChI is InChI=1S/C13H21N3O2S/c1-19(17,18)11-10-15-6-8-16(9-7-15)13-5-3-2-4-12(13)14/h2-5H,6-11,14H2,1H3. The second-order valence-electron chi connectivity index (χ2n) is 5.02. The number of nitrogens with zero attached hydrogens (tertiary/aromatic N) is 2. The van der Waals surface area contributed by atoms with Gasteiger partial charge in [-0.2, -0.15) is 0 Å². The number of sulfone groups is 1. The van der Waals surface area contributed by atoms with Gasteiger partial charge in [0.05, 0.1) is 17.1 Å². The van der Waals surface area contributed by atoms with Gasteiger partial charge in [0, 0.05) is 39.0 Å². The Labute approximate surface area is 114 Å². The van der Waals surface area contributed by atoms with E-state index in [1.165, 1.54) is 6.26 Å². The molecule has 2 N–H and O–H groups in total. The molecular formula is C13H21N3O2S. The van der Waals surface area contributed by atoms with E-state index >= 15 is 0 Å². The molecule has 19 heavy (non-hydrogen) atoms. The van der Waals surface area contributed by atoms with Crippen molar-refractivity contribution >= 4 is 21.2 Å². The molecule has 1 saturated heterocycles. The Balaban J connectivity index is 1.88. The topological polar surface area (TPSA) is 66.6 Å². The lowest BCUT2D eigenvalue weighted by Crippen LogP contribution is -2.47. The summed E-state index contributed by atoms with van der Waals surface area (Å²) in [6.07, 6.45) is 1.29. The average molecular weight is 283 g/mol. The smallest absolute Gasteiger partial charge is 0.148 e. The summed E-state index contributed by atoms with van der Waals surface area (Å²) < 4.78 is 22.3. The minimum Gasteiger partial charge on any atom is -0.397 e. The normalized spacial score (nSPS) is 17.6. The second kappa shape index (κ2) is 5.79. The lowest BCUT2D eigenvalue weighted by Gasteiger charge is -2.36. The molecule has 1 fully saturated rings. The van der Waals surface area contributed by atoms with Crippen LogP contribution in [0.5, 0.6) is 0 Å². The van der Waals surface area contributed by atoms with Gasteiger partial charge in [0.15, 0.2) is 0 Å². The fourth-order valence-electron chi connectivity index (χ4n) is 2.28. The van der Waals surface area contributed by atoms with Gasteiger partial charge < -0.3 is 10.6 Å². The van der Waals surface area contributed by atoms with Crippen LogP contribution in [0.2, 0.25) is 0 Å². The Morgan fingerprint density at radius 1 is 1.16 bits per heavy atom. The molecule has 1 aliphatic rings. The van der Waals surface area contributed by atoms with Crippen LogP contribution in [0.1, 0.15) is 0 Å². The van der Waals surface area contributed by atoms with Crippen molar-refractivity contribution in [1.29, 1.82) is 0 Å². The number of benzene rings is 1. The number of hydrogen-bond acceptors (Lipinski definition) is 5. The molecule has 5 nitrogen and oxygen atoms in total. The van der Waals surface area contributed by atoms with Crippen molar-refractivity contribution in [2.24, 2.45) is 0 Å². The zero-order valence-corrected chi connectivity index (χ0v) is 12.1. The molecule has 0 unspecified atom stereocenters. The summed E-state index contributed by atoms with van der Waals surface area (Å²) >= 11 is 0. The van der Waals surface area contributed by atoms with Crippen molar-refractivity contribution in [3.8, 4) is 0 Å². The van der Waals surface area contributed by atoms with Gasteiger partial charge in [-0.1, -0.05) is 12.1 Å². The molecule has 1 aromatic rings. The van der Waals surface area contributed by atoms with Crippen LogP contribution in [-0.2, 0) is 9.84 Å². The molecule has 1 heterocycles. The van der Waals surface area contributed by atoms with Gasteiger partial charge in [-0.3, -0.25) is 4.90 Å². The van der Waals surface area contributed by atoms with Crippen LogP contribution in [0.4, 0.5) is 11.4 Å². The molecule has 0 saturated carbocycles. The molecule has 1 aliphatic heterocycles. The number of nitrogen functional groups attached to an aromatic ring is 1. The van der Waals surface area contributed by atoms with E-state index in [1.807, 2.05) is 24.3 Å². The van der Waals surface area contributed by atoms with Crippen LogP contribution in [-0.4, -0.2) is 58.1 Å². The maximum atomic E-state index is 11.2. The fourth-order valence-corrected chi connectivity index (χ4v) is 2.87. The molecule has 2 rings (SSSR count). The molecule has 0 aliphatic carbocycles. The van der Waals surface area contributed by atoms with E-state index in [0.717, 1.165) is 37.6 Å². The first-order valence-electron chi connectivity index (χ1n) is 6.45. The lowest BCUT2D eigenvalue weighted by molar-refractivity contribution is 0.272. The molecule has 0 atom stereocenters. The number of rotatable bonds is 4. The Morgan fingerprint density at radius 2 is 1.79 bits per heavy atom. The van der Waals surface area contributed by atoms with Gasteiger partial charge in [-0.15, -0.1) is 0 Å². The number of anilines is 2. The molecule has 0 spiro atoms. The van der Waals surface area contributed by atoms with Crippen molar-refractivity contribution in [2.75, 3.05) is 55.4 Å². The largest absolute Gasteiger partial charge is 0.397 e. The summed E-state index contributed by atoms with van der Waals surface area (Å²) in [4.78, 5) is 4.45. The molecule has 0 aromatic heterocycles. The summed E-state index contributed by atoms with van der Waals surface area (Å²) in [6.45, 7) is 4.15. The number of piperazine rings is 1. The third-order valence-corrected chi connectivity index (χ3v) is 4.35. The highest BCUT2D eigenvalue weighted by molar-refractivity contribution is 7.90. The van der Waals surface area contributed by atoms with E-state index in [4.69, 9.17) is 5.73 Å². The molecule has 0 radical (unpaired) electrons. The quantitative estimate of drug-likeness (QED) is 0.812. The van der Waals surface area contributed by atoms with E-state index in [1.54, 1.807) is 0 Å². The van der Waals surface area contributed by atoms with Gasteiger partial charge in [0.2, 0.25) is 0 Å². The van der Waals surface area contributed by atoms with Crippen LogP contribution in [0.15, 0.2) is 24.3 Å². The highest BCUT2D eigenvalue weighted by Crippen LogP contribution is 2.23. The second-order valence-corrected chi connectivity index (χ2v) is 7.28. The van der Waals surface area contributed by atoms with E-state index < -0.39 is 9.84 Å². The SMILES string of the molecule is CS(=O)(=O)CCN1CCN(c2ccccc2N)CC1. The third-order valence-electron chi connectivity index (χ3n) is 3.43. The molecule has 106 valence electrons. The first kappa shape index (κ1) is 14.1. The Hall–Kier alpha value is -1.27. The van der Waals surface area contributed by atoms with Crippen molar-refractivity contribution < 1.29 is 8.42 Å². The Kier molecular flexibility index (Phi) is 4.31. The zero-order valence-electron chi connectivity index (χ0n) is 11.2. The zero-order chi connectivity index (χ0) is 13.9. The van der Waals surface area contributed by atoms with Crippen molar-refractivity contribution in [3.63, 3.8) is 0 Å². The molecule has 0 bridgehead atoms. The number of hydrogen-bond donors (Lipinski definition) is 1. The first-order chi connectivity index (χ1) is 8.96. The van der Waals surface area contributed by atoms with E-state index in [9.17, 15) is 8.42 Å². The Morgan fingerprint density at radius 3 is 2.37 bits per heavy atom. The van der Waals surface area contributed by atoms with Gasteiger partial charge in [0.1, 0.15) is 9.84 Å². The first-order valence-corrected chi connectivity index (χ1v) is 8.51. The number of nitrogens with two attached hydrogens (primary N) is 1. The maximum Gasteiger partial charge on any atom is 0.148 e. The van der Waals surface area contributed by atoms with Crippen molar-refractivity contribution in [1.82, 2.24) is 4.90 Å². The lowest BCUT2D eigenvalue weighted by atomic mass is 10.2. The summed E-state index contributed by atoms with van der Waals surface area (Å²) in [5.41, 5.74) is 7.84. The fraction of sp³-hybridized carbons (Fsp3) is 0.538. The van der Waals surface area contributed by atoms with Crippen LogP contribution in [0.3, 0.4) is 0 Å². The van der Waals surface area contributed by atoms with Gasteiger partial charge >= 0.3 is 0 Å². The number of para-hydroxylation sites is 2. The third kappa shape index (κ3) is 4.11. The van der Waals surface area contributed by atoms with Crippen LogP contribution in [0.25, 0.3) is 0 Å². The van der Waals surface area contributed by atoms with Gasteiger partial charge in [-0.25, -0.2) is 8.42 Å². The maximum absolute atomic E-state index is 11.2. The van der Waals surface area contributed by atoms with E-state index in [0.29, 0.717) is 6.54 Å². The Bertz CT molecular complexity index is 522. The van der Waals surface area contributed by atoms with Crippen LogP contribution >= 0.6 is 0 Å². The molecule has 1 aromatic carbocycles.